The lowest BCUT2D eigenvalue weighted by Gasteiger charge is -2.26. The number of ether oxygens (including phenoxy) is 5. The first-order valence-corrected chi connectivity index (χ1v) is 12.5. The van der Waals surface area contributed by atoms with E-state index in [0.29, 0.717) is 39.5 Å². The second-order valence-electron chi connectivity index (χ2n) is 9.50. The molecule has 2 aliphatic heterocycles. The van der Waals surface area contributed by atoms with Gasteiger partial charge in [-0.3, -0.25) is 14.4 Å². The number of Topliss-reactive ketones (excluding diaryl/α,β-unsaturated/α-hetero) is 1. The summed E-state index contributed by atoms with van der Waals surface area (Å²) in [6.45, 7) is 0. The normalized spacial score (nSPS) is 16.8. The minimum Gasteiger partial charge on any atom is -0.496 e. The summed E-state index contributed by atoms with van der Waals surface area (Å²) >= 11 is 0. The molecule has 0 radical (unpaired) electrons. The van der Waals surface area contributed by atoms with Crippen LogP contribution in [0, 0.1) is 0 Å². The minimum absolute atomic E-state index is 0.0518. The fourth-order valence-corrected chi connectivity index (χ4v) is 5.38. The van der Waals surface area contributed by atoms with Crippen LogP contribution in [0.4, 0.5) is 0 Å². The molecule has 4 aromatic rings. The van der Waals surface area contributed by atoms with E-state index in [1.54, 1.807) is 48.0 Å². The number of carbonyl (C=O) groups excluding carboxylic acids is 2. The highest BCUT2D eigenvalue weighted by Gasteiger charge is 2.39. The van der Waals surface area contributed by atoms with E-state index in [1.807, 2.05) is 24.3 Å². The van der Waals surface area contributed by atoms with Crippen molar-refractivity contribution in [2.75, 3.05) is 21.3 Å². The van der Waals surface area contributed by atoms with Crippen molar-refractivity contribution in [2.45, 2.75) is 12.3 Å². The minimum atomic E-state index is -0.669. The van der Waals surface area contributed by atoms with Crippen LogP contribution in [0.2, 0.25) is 0 Å². The molecule has 3 heterocycles. The smallest absolute Gasteiger partial charge is 0.312 e. The Balaban J connectivity index is 1.50. The molecule has 0 N–H and O–H groups in total. The molecule has 6 rings (SSSR count). The van der Waals surface area contributed by atoms with Gasteiger partial charge in [-0.25, -0.2) is 0 Å². The number of hydrogen-bond donors (Lipinski definition) is 0. The summed E-state index contributed by atoms with van der Waals surface area (Å²) in [7, 11) is 6.24. The van der Waals surface area contributed by atoms with Gasteiger partial charge in [0.1, 0.15) is 17.2 Å². The Bertz CT molecular complexity index is 1820. The Labute approximate surface area is 229 Å². The summed E-state index contributed by atoms with van der Waals surface area (Å²) in [6, 6.07) is 15.8. The van der Waals surface area contributed by atoms with E-state index < -0.39 is 11.9 Å². The zero-order valence-corrected chi connectivity index (χ0v) is 22.3. The predicted octanol–water partition coefficient (Wildman–Crippen LogP) is 4.62. The second kappa shape index (κ2) is 9.60. The van der Waals surface area contributed by atoms with Gasteiger partial charge in [0, 0.05) is 35.7 Å². The van der Waals surface area contributed by atoms with Crippen molar-refractivity contribution in [3.8, 4) is 28.7 Å². The summed E-state index contributed by atoms with van der Waals surface area (Å²) < 4.78 is 29.6. The maximum Gasteiger partial charge on any atom is 0.312 e. The first kappa shape index (κ1) is 25.2. The largest absolute Gasteiger partial charge is 0.496 e. The van der Waals surface area contributed by atoms with Gasteiger partial charge in [0.05, 0.1) is 38.8 Å². The molecule has 0 amide bonds. The number of carbonyl (C=O) groups is 2. The molecular weight excluding hydrogens is 514 g/mol. The van der Waals surface area contributed by atoms with Crippen molar-refractivity contribution in [1.29, 1.82) is 0 Å². The lowest BCUT2D eigenvalue weighted by molar-refractivity contribution is -0.135. The van der Waals surface area contributed by atoms with Gasteiger partial charge in [0.15, 0.2) is 17.3 Å². The Morgan fingerprint density at radius 1 is 0.875 bits per heavy atom. The molecule has 0 spiro atoms. The van der Waals surface area contributed by atoms with Gasteiger partial charge < -0.3 is 28.3 Å². The fraction of sp³-hybridized carbons (Fsp3) is 0.194. The van der Waals surface area contributed by atoms with Gasteiger partial charge in [-0.2, -0.15) is 0 Å². The van der Waals surface area contributed by atoms with Crippen molar-refractivity contribution in [1.82, 2.24) is 4.57 Å². The molecule has 202 valence electrons. The number of aromatic nitrogens is 1. The summed E-state index contributed by atoms with van der Waals surface area (Å²) in [5.74, 6) is 0.460. The lowest BCUT2D eigenvalue weighted by atomic mass is 9.84. The highest BCUT2D eigenvalue weighted by molar-refractivity contribution is 6.15. The van der Waals surface area contributed by atoms with E-state index in [1.165, 1.54) is 21.3 Å². The molecule has 0 bridgehead atoms. The third kappa shape index (κ3) is 3.89. The Morgan fingerprint density at radius 2 is 1.60 bits per heavy atom. The Hall–Kier alpha value is -5.05. The molecule has 2 aliphatic rings. The van der Waals surface area contributed by atoms with Crippen LogP contribution in [0.5, 0.6) is 28.7 Å². The van der Waals surface area contributed by atoms with Gasteiger partial charge in [0.25, 0.3) is 5.56 Å². The summed E-state index contributed by atoms with van der Waals surface area (Å²) in [6.07, 6.45) is 1.49. The zero-order valence-electron chi connectivity index (χ0n) is 22.3. The van der Waals surface area contributed by atoms with Gasteiger partial charge in [-0.1, -0.05) is 18.2 Å². The van der Waals surface area contributed by atoms with E-state index in [-0.39, 0.29) is 35.0 Å². The summed E-state index contributed by atoms with van der Waals surface area (Å²) in [4.78, 5) is 39.6. The van der Waals surface area contributed by atoms with Gasteiger partial charge >= 0.3 is 5.97 Å². The topological polar surface area (TPSA) is 102 Å². The molecule has 3 aromatic carbocycles. The molecular formula is C31H25NO8. The number of aryl methyl sites for hydroxylation is 1. The maximum atomic E-state index is 13.5. The van der Waals surface area contributed by atoms with Crippen LogP contribution < -0.4 is 29.2 Å². The second-order valence-corrected chi connectivity index (χ2v) is 9.50. The number of esters is 1. The molecule has 0 saturated carbocycles. The van der Waals surface area contributed by atoms with Crippen LogP contribution in [0.25, 0.3) is 17.0 Å². The number of nitrogens with zero attached hydrogens (tertiary/aromatic N) is 1. The van der Waals surface area contributed by atoms with E-state index in [9.17, 15) is 14.4 Å². The van der Waals surface area contributed by atoms with Crippen LogP contribution in [-0.4, -0.2) is 37.6 Å². The number of para-hydroxylation sites is 1. The van der Waals surface area contributed by atoms with E-state index in [2.05, 4.69) is 0 Å². The van der Waals surface area contributed by atoms with Crippen molar-refractivity contribution in [2.24, 2.45) is 7.05 Å². The number of fused-ring (bicyclic) bond motifs is 4. The third-order valence-corrected chi connectivity index (χ3v) is 7.34. The third-order valence-electron chi connectivity index (χ3n) is 7.34. The Kier molecular flexibility index (Phi) is 6.06. The lowest BCUT2D eigenvalue weighted by Crippen LogP contribution is -2.29. The molecule has 1 aromatic heterocycles. The highest BCUT2D eigenvalue weighted by atomic mass is 16.5. The number of pyridine rings is 1. The van der Waals surface area contributed by atoms with Crippen molar-refractivity contribution in [3.63, 3.8) is 0 Å². The molecule has 0 fully saturated rings. The van der Waals surface area contributed by atoms with E-state index in [4.69, 9.17) is 23.7 Å². The SMILES string of the molecule is COc1cc(OC)c(OC)cc1/C=C1\Oc2c(ccc3c2C(c2cc4ccccc4n(C)c2=O)CC(=O)O3)C1=O. The van der Waals surface area contributed by atoms with E-state index in [0.717, 1.165) is 10.9 Å². The van der Waals surface area contributed by atoms with Crippen LogP contribution in [0.3, 0.4) is 0 Å². The van der Waals surface area contributed by atoms with Crippen molar-refractivity contribution < 1.29 is 33.3 Å². The monoisotopic (exact) mass is 539 g/mol. The van der Waals surface area contributed by atoms with Crippen LogP contribution >= 0.6 is 0 Å². The van der Waals surface area contributed by atoms with Gasteiger partial charge in [-0.05, 0) is 41.8 Å². The molecule has 0 aliphatic carbocycles. The number of ketones is 1. The first-order valence-electron chi connectivity index (χ1n) is 12.5. The molecule has 40 heavy (non-hydrogen) atoms. The number of methoxy groups -OCH3 is 3. The van der Waals surface area contributed by atoms with Crippen LogP contribution in [-0.2, 0) is 11.8 Å². The molecule has 9 heteroatoms. The fourth-order valence-electron chi connectivity index (χ4n) is 5.38. The predicted molar refractivity (Wildman–Crippen MR) is 147 cm³/mol. The van der Waals surface area contributed by atoms with Crippen LogP contribution in [0.1, 0.15) is 39.4 Å². The number of allylic oxidation sites excluding steroid dienone is 1. The number of rotatable bonds is 5. The standard InChI is InChI=1S/C31H25NO8/c1-32-21-8-6-5-7-16(21)11-20(31(32)35)19-14-27(33)39-22-10-9-18-29(34)26(40-30(18)28(19)22)13-17-12-24(37-3)25(38-4)15-23(17)36-2/h5-13,15,19H,14H2,1-4H3/b26-13-. The van der Waals surface area contributed by atoms with Crippen molar-refractivity contribution >= 4 is 28.7 Å². The van der Waals surface area contributed by atoms with E-state index >= 15 is 0 Å². The van der Waals surface area contributed by atoms with Crippen molar-refractivity contribution in [3.05, 3.63) is 93.0 Å². The molecule has 9 nitrogen and oxygen atoms in total. The first-order chi connectivity index (χ1) is 19.3. The summed E-state index contributed by atoms with van der Waals surface area (Å²) in [5.41, 5.74) is 2.29. The van der Waals surface area contributed by atoms with Gasteiger partial charge in [-0.15, -0.1) is 0 Å². The number of benzene rings is 3. The molecule has 0 saturated heterocycles. The highest BCUT2D eigenvalue weighted by Crippen LogP contribution is 2.49. The van der Waals surface area contributed by atoms with Gasteiger partial charge in [0.2, 0.25) is 5.78 Å². The Morgan fingerprint density at radius 3 is 2.35 bits per heavy atom. The summed E-state index contributed by atoms with van der Waals surface area (Å²) in [5, 5.41) is 0.853. The zero-order chi connectivity index (χ0) is 28.1. The maximum absolute atomic E-state index is 13.5. The van der Waals surface area contributed by atoms with Crippen LogP contribution in [0.15, 0.2) is 65.2 Å². The quantitative estimate of drug-likeness (QED) is 0.206. The molecule has 1 unspecified atom stereocenters. The molecule has 1 atom stereocenters. The number of hydrogen-bond acceptors (Lipinski definition) is 8. The average molecular weight is 540 g/mol. The average Bonchev–Trinajstić information content (AvgIpc) is 3.28.